The average molecular weight is 208 g/mol. The fourth-order valence-corrected chi connectivity index (χ4v) is 1.62. The summed E-state index contributed by atoms with van der Waals surface area (Å²) in [5.41, 5.74) is 1.86. The van der Waals surface area contributed by atoms with Crippen LogP contribution in [0.15, 0.2) is 24.3 Å². The summed E-state index contributed by atoms with van der Waals surface area (Å²) in [4.78, 5) is 11.0. The van der Waals surface area contributed by atoms with Gasteiger partial charge in [0.1, 0.15) is 0 Å². The molecule has 0 aliphatic rings. The Hall–Kier alpha value is -1.35. The predicted octanol–water partition coefficient (Wildman–Crippen LogP) is 2.41. The van der Waals surface area contributed by atoms with Crippen molar-refractivity contribution in [2.75, 3.05) is 7.11 Å². The molecule has 0 saturated carbocycles. The third-order valence-corrected chi connectivity index (χ3v) is 2.37. The van der Waals surface area contributed by atoms with Gasteiger partial charge in [-0.25, -0.2) is 0 Å². The van der Waals surface area contributed by atoms with E-state index in [9.17, 15) is 4.79 Å². The molecule has 0 radical (unpaired) electrons. The van der Waals surface area contributed by atoms with E-state index in [1.807, 2.05) is 31.2 Å². The minimum Gasteiger partial charge on any atom is -0.481 e. The van der Waals surface area contributed by atoms with Crippen molar-refractivity contribution in [1.82, 2.24) is 0 Å². The highest BCUT2D eigenvalue weighted by Gasteiger charge is 2.17. The lowest BCUT2D eigenvalue weighted by atomic mass is 9.95. The topological polar surface area (TPSA) is 46.5 Å². The highest BCUT2D eigenvalue weighted by atomic mass is 16.5. The summed E-state index contributed by atoms with van der Waals surface area (Å²) in [5, 5.41) is 9.02. The Morgan fingerprint density at radius 1 is 1.53 bits per heavy atom. The molecular weight excluding hydrogens is 192 g/mol. The molecule has 0 heterocycles. The SMILES string of the molecule is CCC(C(=O)O)c1cccc(COC)c1. The Morgan fingerprint density at radius 2 is 2.27 bits per heavy atom. The number of ether oxygens (including phenoxy) is 1. The lowest BCUT2D eigenvalue weighted by molar-refractivity contribution is -0.138. The number of aliphatic carboxylic acids is 1. The largest absolute Gasteiger partial charge is 0.481 e. The van der Waals surface area contributed by atoms with Gasteiger partial charge in [0.25, 0.3) is 0 Å². The highest BCUT2D eigenvalue weighted by Crippen LogP contribution is 2.20. The number of carboxylic acid groups (broad SMARTS) is 1. The molecule has 1 N–H and O–H groups in total. The summed E-state index contributed by atoms with van der Waals surface area (Å²) in [5.74, 6) is -1.19. The Kier molecular flexibility index (Phi) is 4.31. The third kappa shape index (κ3) is 3.06. The molecule has 15 heavy (non-hydrogen) atoms. The van der Waals surface area contributed by atoms with Crippen molar-refractivity contribution < 1.29 is 14.6 Å². The summed E-state index contributed by atoms with van der Waals surface area (Å²) < 4.78 is 5.01. The summed E-state index contributed by atoms with van der Waals surface area (Å²) in [6, 6.07) is 7.55. The van der Waals surface area contributed by atoms with Crippen molar-refractivity contribution in [2.45, 2.75) is 25.9 Å². The monoisotopic (exact) mass is 208 g/mol. The van der Waals surface area contributed by atoms with Crippen molar-refractivity contribution in [3.63, 3.8) is 0 Å². The highest BCUT2D eigenvalue weighted by molar-refractivity contribution is 5.76. The second-order valence-electron chi connectivity index (χ2n) is 3.48. The van der Waals surface area contributed by atoms with Gasteiger partial charge >= 0.3 is 5.97 Å². The van der Waals surface area contributed by atoms with Crippen LogP contribution in [0.2, 0.25) is 0 Å². The molecular formula is C12H16O3. The summed E-state index contributed by atoms with van der Waals surface area (Å²) in [6.45, 7) is 2.39. The molecule has 1 unspecified atom stereocenters. The zero-order chi connectivity index (χ0) is 11.3. The average Bonchev–Trinajstić information content (AvgIpc) is 2.19. The third-order valence-electron chi connectivity index (χ3n) is 2.37. The Morgan fingerprint density at radius 3 is 2.80 bits per heavy atom. The van der Waals surface area contributed by atoms with Gasteiger partial charge in [0.15, 0.2) is 0 Å². The number of carboxylic acids is 1. The van der Waals surface area contributed by atoms with Crippen LogP contribution in [0.4, 0.5) is 0 Å². The molecule has 1 aromatic rings. The van der Waals surface area contributed by atoms with E-state index in [4.69, 9.17) is 9.84 Å². The molecule has 0 aliphatic carbocycles. The van der Waals surface area contributed by atoms with Crippen LogP contribution in [0.5, 0.6) is 0 Å². The number of methoxy groups -OCH3 is 1. The van der Waals surface area contributed by atoms with E-state index in [0.717, 1.165) is 11.1 Å². The van der Waals surface area contributed by atoms with Crippen LogP contribution in [0.1, 0.15) is 30.4 Å². The van der Waals surface area contributed by atoms with E-state index in [1.54, 1.807) is 7.11 Å². The van der Waals surface area contributed by atoms with Gasteiger partial charge in [0, 0.05) is 7.11 Å². The molecule has 82 valence electrons. The minimum atomic E-state index is -0.771. The minimum absolute atomic E-state index is 0.415. The van der Waals surface area contributed by atoms with Gasteiger partial charge in [0.2, 0.25) is 0 Å². The van der Waals surface area contributed by atoms with E-state index in [2.05, 4.69) is 0 Å². The number of hydrogen-bond acceptors (Lipinski definition) is 2. The van der Waals surface area contributed by atoms with Gasteiger partial charge in [-0.3, -0.25) is 4.79 Å². The van der Waals surface area contributed by atoms with Gasteiger partial charge in [-0.05, 0) is 17.5 Å². The van der Waals surface area contributed by atoms with Crippen molar-refractivity contribution in [1.29, 1.82) is 0 Å². The molecule has 0 saturated heterocycles. The quantitative estimate of drug-likeness (QED) is 0.808. The number of benzene rings is 1. The lowest BCUT2D eigenvalue weighted by Crippen LogP contribution is -2.10. The van der Waals surface area contributed by atoms with Crippen molar-refractivity contribution >= 4 is 5.97 Å². The zero-order valence-electron chi connectivity index (χ0n) is 9.06. The Labute approximate surface area is 89.7 Å². The van der Waals surface area contributed by atoms with Gasteiger partial charge in [-0.2, -0.15) is 0 Å². The number of carbonyl (C=O) groups is 1. The Balaban J connectivity index is 2.92. The van der Waals surface area contributed by atoms with Crippen molar-refractivity contribution in [2.24, 2.45) is 0 Å². The van der Waals surface area contributed by atoms with Crippen LogP contribution in [0.25, 0.3) is 0 Å². The predicted molar refractivity (Wildman–Crippen MR) is 57.8 cm³/mol. The molecule has 0 spiro atoms. The molecule has 0 aromatic heterocycles. The summed E-state index contributed by atoms with van der Waals surface area (Å²) >= 11 is 0. The molecule has 1 aromatic carbocycles. The Bertz CT molecular complexity index is 333. The zero-order valence-corrected chi connectivity index (χ0v) is 9.06. The van der Waals surface area contributed by atoms with Crippen molar-refractivity contribution in [3.8, 4) is 0 Å². The fourth-order valence-electron chi connectivity index (χ4n) is 1.62. The molecule has 1 rings (SSSR count). The maximum Gasteiger partial charge on any atom is 0.310 e. The maximum atomic E-state index is 11.0. The van der Waals surface area contributed by atoms with E-state index >= 15 is 0 Å². The van der Waals surface area contributed by atoms with Gasteiger partial charge in [-0.15, -0.1) is 0 Å². The van der Waals surface area contributed by atoms with Gasteiger partial charge < -0.3 is 9.84 Å². The van der Waals surface area contributed by atoms with E-state index in [-0.39, 0.29) is 0 Å². The van der Waals surface area contributed by atoms with Gasteiger partial charge in [0.05, 0.1) is 12.5 Å². The first-order valence-electron chi connectivity index (χ1n) is 4.99. The summed E-state index contributed by atoms with van der Waals surface area (Å²) in [6.07, 6.45) is 0.603. The first-order valence-corrected chi connectivity index (χ1v) is 4.99. The van der Waals surface area contributed by atoms with E-state index in [0.29, 0.717) is 13.0 Å². The van der Waals surface area contributed by atoms with Crippen LogP contribution in [-0.4, -0.2) is 18.2 Å². The second kappa shape index (κ2) is 5.51. The molecule has 0 bridgehead atoms. The molecule has 3 nitrogen and oxygen atoms in total. The number of rotatable bonds is 5. The smallest absolute Gasteiger partial charge is 0.310 e. The van der Waals surface area contributed by atoms with E-state index < -0.39 is 11.9 Å². The molecule has 3 heteroatoms. The van der Waals surface area contributed by atoms with Crippen molar-refractivity contribution in [3.05, 3.63) is 35.4 Å². The van der Waals surface area contributed by atoms with Crippen LogP contribution >= 0.6 is 0 Å². The lowest BCUT2D eigenvalue weighted by Gasteiger charge is -2.11. The first-order chi connectivity index (χ1) is 7.19. The second-order valence-corrected chi connectivity index (χ2v) is 3.48. The van der Waals surface area contributed by atoms with Crippen LogP contribution < -0.4 is 0 Å². The molecule has 0 aliphatic heterocycles. The van der Waals surface area contributed by atoms with Crippen LogP contribution in [0, 0.1) is 0 Å². The molecule has 1 atom stereocenters. The maximum absolute atomic E-state index is 11.0. The molecule has 0 amide bonds. The standard InChI is InChI=1S/C12H16O3/c1-3-11(12(13)14)10-6-4-5-9(7-10)8-15-2/h4-7,11H,3,8H2,1-2H3,(H,13,14). The van der Waals surface area contributed by atoms with Gasteiger partial charge in [-0.1, -0.05) is 31.2 Å². The number of hydrogen-bond donors (Lipinski definition) is 1. The van der Waals surface area contributed by atoms with Crippen LogP contribution in [-0.2, 0) is 16.1 Å². The molecule has 0 fully saturated rings. The van der Waals surface area contributed by atoms with E-state index in [1.165, 1.54) is 0 Å². The normalized spacial score (nSPS) is 12.4. The van der Waals surface area contributed by atoms with Crippen LogP contribution in [0.3, 0.4) is 0 Å². The summed E-state index contributed by atoms with van der Waals surface area (Å²) in [7, 11) is 1.63. The first kappa shape index (κ1) is 11.7. The fraction of sp³-hybridized carbons (Fsp3) is 0.417.